The van der Waals surface area contributed by atoms with Gasteiger partial charge >= 0.3 is 5.97 Å². The van der Waals surface area contributed by atoms with Crippen LogP contribution in [0.25, 0.3) is 6.08 Å². The highest BCUT2D eigenvalue weighted by Crippen LogP contribution is 2.36. The lowest BCUT2D eigenvalue weighted by Gasteiger charge is -2.14. The molecule has 2 aromatic carbocycles. The van der Waals surface area contributed by atoms with E-state index in [1.807, 2.05) is 24.3 Å². The monoisotopic (exact) mass is 449 g/mol. The van der Waals surface area contributed by atoms with Crippen LogP contribution < -0.4 is 9.64 Å². The quantitative estimate of drug-likeness (QED) is 0.541. The van der Waals surface area contributed by atoms with Crippen LogP contribution in [0.2, 0.25) is 0 Å². The number of rotatable bonds is 5. The lowest BCUT2D eigenvalue weighted by Crippen LogP contribution is -2.27. The van der Waals surface area contributed by atoms with Gasteiger partial charge in [-0.25, -0.2) is 4.79 Å². The first kappa shape index (κ1) is 18.6. The molecule has 26 heavy (non-hydrogen) atoms. The zero-order valence-electron chi connectivity index (χ0n) is 13.2. The van der Waals surface area contributed by atoms with E-state index in [0.717, 1.165) is 10.0 Å². The topological polar surface area (TPSA) is 66.8 Å². The van der Waals surface area contributed by atoms with Gasteiger partial charge in [0.2, 0.25) is 0 Å². The third kappa shape index (κ3) is 4.32. The molecule has 0 aromatic heterocycles. The summed E-state index contributed by atoms with van der Waals surface area (Å²) in [6.07, 6.45) is 1.71. The van der Waals surface area contributed by atoms with Crippen molar-refractivity contribution in [3.8, 4) is 5.75 Å². The lowest BCUT2D eigenvalue weighted by atomic mass is 10.2. The highest BCUT2D eigenvalue weighted by atomic mass is 79.9. The number of aliphatic carboxylic acids is 1. The standard InChI is InChI=1S/C18H12BrNO4S2/c19-12-4-6-13(7-5-12)20-17(23)15(26-18(20)25)9-11-2-1-3-14(8-11)24-10-16(21)22/h1-9H,10H2,(H,21,22). The Morgan fingerprint density at radius 1 is 1.27 bits per heavy atom. The molecule has 1 heterocycles. The highest BCUT2D eigenvalue weighted by molar-refractivity contribution is 9.10. The molecule has 0 radical (unpaired) electrons. The Bertz CT molecular complexity index is 912. The predicted molar refractivity (Wildman–Crippen MR) is 109 cm³/mol. The molecular formula is C18H12BrNO4S2. The van der Waals surface area contributed by atoms with Crippen molar-refractivity contribution in [2.45, 2.75) is 0 Å². The zero-order chi connectivity index (χ0) is 18.7. The molecule has 0 unspecified atom stereocenters. The maximum absolute atomic E-state index is 12.7. The molecule has 1 amide bonds. The number of carboxylic acids is 1. The molecule has 1 fully saturated rings. The number of hydrogen-bond acceptors (Lipinski definition) is 5. The van der Waals surface area contributed by atoms with Crippen molar-refractivity contribution in [1.82, 2.24) is 0 Å². The largest absolute Gasteiger partial charge is 0.482 e. The third-order valence-corrected chi connectivity index (χ3v) is 5.23. The van der Waals surface area contributed by atoms with Crippen molar-refractivity contribution in [2.24, 2.45) is 0 Å². The van der Waals surface area contributed by atoms with E-state index in [4.69, 9.17) is 22.1 Å². The molecule has 1 aliphatic rings. The average Bonchev–Trinajstić information content (AvgIpc) is 2.88. The van der Waals surface area contributed by atoms with Crippen molar-refractivity contribution < 1.29 is 19.4 Å². The van der Waals surface area contributed by atoms with E-state index in [9.17, 15) is 9.59 Å². The molecule has 0 bridgehead atoms. The van der Waals surface area contributed by atoms with Crippen molar-refractivity contribution in [3.63, 3.8) is 0 Å². The second kappa shape index (κ2) is 8.03. The van der Waals surface area contributed by atoms with Crippen LogP contribution in [0.3, 0.4) is 0 Å². The molecule has 1 N–H and O–H groups in total. The predicted octanol–water partition coefficient (Wildman–Crippen LogP) is 4.32. The maximum Gasteiger partial charge on any atom is 0.341 e. The minimum absolute atomic E-state index is 0.195. The molecular weight excluding hydrogens is 438 g/mol. The van der Waals surface area contributed by atoms with E-state index >= 15 is 0 Å². The van der Waals surface area contributed by atoms with Gasteiger partial charge in [0.15, 0.2) is 10.9 Å². The Hall–Kier alpha value is -2.16. The number of carbonyl (C=O) groups is 2. The summed E-state index contributed by atoms with van der Waals surface area (Å²) in [4.78, 5) is 25.3. The van der Waals surface area contributed by atoms with Crippen LogP contribution in [-0.2, 0) is 9.59 Å². The number of nitrogens with zero attached hydrogens (tertiary/aromatic N) is 1. The van der Waals surface area contributed by atoms with Crippen LogP contribution in [-0.4, -0.2) is 27.9 Å². The summed E-state index contributed by atoms with van der Waals surface area (Å²) in [5.41, 5.74) is 1.43. The molecule has 0 atom stereocenters. The SMILES string of the molecule is O=C(O)COc1cccc(C=C2SC(=S)N(c3ccc(Br)cc3)C2=O)c1. The minimum atomic E-state index is -1.05. The number of amides is 1. The van der Waals surface area contributed by atoms with E-state index in [0.29, 0.717) is 20.7 Å². The summed E-state index contributed by atoms with van der Waals surface area (Å²) < 4.78 is 6.54. The van der Waals surface area contributed by atoms with Crippen molar-refractivity contribution >= 4 is 67.9 Å². The van der Waals surface area contributed by atoms with Crippen LogP contribution in [0.4, 0.5) is 5.69 Å². The Morgan fingerprint density at radius 2 is 2.00 bits per heavy atom. The van der Waals surface area contributed by atoms with Crippen LogP contribution in [0, 0.1) is 0 Å². The number of thioether (sulfide) groups is 1. The van der Waals surface area contributed by atoms with E-state index in [1.54, 1.807) is 30.3 Å². The number of halogens is 1. The molecule has 0 aliphatic carbocycles. The molecule has 132 valence electrons. The van der Waals surface area contributed by atoms with E-state index in [-0.39, 0.29) is 5.91 Å². The summed E-state index contributed by atoms with van der Waals surface area (Å²) in [5.74, 6) is -0.825. The fourth-order valence-electron chi connectivity index (χ4n) is 2.27. The molecule has 5 nitrogen and oxygen atoms in total. The Kier molecular flexibility index (Phi) is 5.75. The number of thiocarbonyl (C=S) groups is 1. The first-order valence-electron chi connectivity index (χ1n) is 7.42. The van der Waals surface area contributed by atoms with Crippen LogP contribution in [0.5, 0.6) is 5.75 Å². The number of anilines is 1. The van der Waals surface area contributed by atoms with Gasteiger partial charge in [0.1, 0.15) is 5.75 Å². The smallest absolute Gasteiger partial charge is 0.341 e. The second-order valence-corrected chi connectivity index (χ2v) is 7.84. The first-order valence-corrected chi connectivity index (χ1v) is 9.44. The van der Waals surface area contributed by atoms with E-state index in [2.05, 4.69) is 15.9 Å². The summed E-state index contributed by atoms with van der Waals surface area (Å²) in [7, 11) is 0. The van der Waals surface area contributed by atoms with Gasteiger partial charge in [0.05, 0.1) is 10.6 Å². The average molecular weight is 450 g/mol. The van der Waals surface area contributed by atoms with Gasteiger partial charge in [0.25, 0.3) is 5.91 Å². The molecule has 8 heteroatoms. The lowest BCUT2D eigenvalue weighted by molar-refractivity contribution is -0.139. The summed E-state index contributed by atoms with van der Waals surface area (Å²) >= 11 is 9.94. The van der Waals surface area contributed by atoms with E-state index in [1.165, 1.54) is 16.7 Å². The fourth-order valence-corrected chi connectivity index (χ4v) is 3.83. The van der Waals surface area contributed by atoms with Gasteiger partial charge in [-0.05, 0) is 48.0 Å². The zero-order valence-corrected chi connectivity index (χ0v) is 16.4. The van der Waals surface area contributed by atoms with Gasteiger partial charge in [-0.1, -0.05) is 52.0 Å². The molecule has 0 spiro atoms. The summed E-state index contributed by atoms with van der Waals surface area (Å²) in [6.45, 7) is -0.421. The van der Waals surface area contributed by atoms with Gasteiger partial charge in [-0.15, -0.1) is 0 Å². The highest BCUT2D eigenvalue weighted by Gasteiger charge is 2.33. The second-order valence-electron chi connectivity index (χ2n) is 5.25. The molecule has 1 aliphatic heterocycles. The normalized spacial score (nSPS) is 15.6. The number of carboxylic acid groups (broad SMARTS) is 1. The van der Waals surface area contributed by atoms with Crippen LogP contribution in [0.15, 0.2) is 57.9 Å². The van der Waals surface area contributed by atoms with Crippen molar-refractivity contribution in [2.75, 3.05) is 11.5 Å². The molecule has 1 saturated heterocycles. The Morgan fingerprint density at radius 3 is 2.69 bits per heavy atom. The Labute approximate surface area is 167 Å². The number of carbonyl (C=O) groups excluding carboxylic acids is 1. The fraction of sp³-hybridized carbons (Fsp3) is 0.0556. The van der Waals surface area contributed by atoms with Gasteiger partial charge in [0, 0.05) is 4.47 Å². The number of hydrogen-bond donors (Lipinski definition) is 1. The third-order valence-electron chi connectivity index (χ3n) is 3.40. The van der Waals surface area contributed by atoms with Crippen molar-refractivity contribution in [3.05, 3.63) is 63.5 Å². The van der Waals surface area contributed by atoms with E-state index < -0.39 is 12.6 Å². The number of benzene rings is 2. The van der Waals surface area contributed by atoms with Gasteiger partial charge in [-0.2, -0.15) is 0 Å². The minimum Gasteiger partial charge on any atom is -0.482 e. The molecule has 0 saturated carbocycles. The molecule has 2 aromatic rings. The van der Waals surface area contributed by atoms with Crippen LogP contribution >= 0.6 is 39.9 Å². The Balaban J connectivity index is 1.82. The summed E-state index contributed by atoms with van der Waals surface area (Å²) in [5, 5.41) is 8.68. The maximum atomic E-state index is 12.7. The molecule has 3 rings (SSSR count). The van der Waals surface area contributed by atoms with Crippen LogP contribution in [0.1, 0.15) is 5.56 Å². The van der Waals surface area contributed by atoms with Gasteiger partial charge in [-0.3, -0.25) is 9.69 Å². The van der Waals surface area contributed by atoms with Crippen molar-refractivity contribution in [1.29, 1.82) is 0 Å². The summed E-state index contributed by atoms with van der Waals surface area (Å²) in [6, 6.07) is 14.2. The van der Waals surface area contributed by atoms with Gasteiger partial charge < -0.3 is 9.84 Å². The first-order chi connectivity index (χ1) is 12.4. The number of ether oxygens (including phenoxy) is 1.